The Morgan fingerprint density at radius 3 is 2.50 bits per heavy atom. The molecular weight excluding hydrogens is 320 g/mol. The van der Waals surface area contributed by atoms with Crippen molar-refractivity contribution in [1.82, 2.24) is 10.6 Å². The zero-order valence-corrected chi connectivity index (χ0v) is 15.1. The Hall–Kier alpha value is -1.36. The van der Waals surface area contributed by atoms with Crippen LogP contribution in [0.1, 0.15) is 62.7 Å². The van der Waals surface area contributed by atoms with Gasteiger partial charge < -0.3 is 10.6 Å². The van der Waals surface area contributed by atoms with Crippen LogP contribution in [0.15, 0.2) is 17.5 Å². The molecule has 3 rings (SSSR count). The molecule has 4 nitrogen and oxygen atoms in total. The quantitative estimate of drug-likeness (QED) is 0.828. The third-order valence-corrected chi connectivity index (χ3v) is 6.74. The van der Waals surface area contributed by atoms with Gasteiger partial charge in [0.2, 0.25) is 11.8 Å². The molecule has 0 saturated heterocycles. The van der Waals surface area contributed by atoms with Crippen LogP contribution in [0.3, 0.4) is 0 Å². The van der Waals surface area contributed by atoms with E-state index in [1.165, 1.54) is 24.1 Å². The van der Waals surface area contributed by atoms with Crippen molar-refractivity contribution in [2.24, 2.45) is 5.92 Å². The number of rotatable bonds is 6. The summed E-state index contributed by atoms with van der Waals surface area (Å²) in [6, 6.07) is 4.28. The molecule has 2 fully saturated rings. The highest BCUT2D eigenvalue weighted by atomic mass is 32.1. The summed E-state index contributed by atoms with van der Waals surface area (Å²) in [5.41, 5.74) is 0.108. The number of amides is 2. The molecule has 0 bridgehead atoms. The van der Waals surface area contributed by atoms with Gasteiger partial charge in [-0.3, -0.25) is 9.59 Å². The second-order valence-electron chi connectivity index (χ2n) is 7.29. The average Bonchev–Trinajstić information content (AvgIpc) is 3.30. The molecule has 2 N–H and O–H groups in total. The molecule has 2 saturated carbocycles. The summed E-state index contributed by atoms with van der Waals surface area (Å²) in [5.74, 6) is 0.0968. The van der Waals surface area contributed by atoms with E-state index in [2.05, 4.69) is 28.1 Å². The monoisotopic (exact) mass is 348 g/mol. The van der Waals surface area contributed by atoms with Crippen LogP contribution in [0, 0.1) is 5.92 Å². The summed E-state index contributed by atoms with van der Waals surface area (Å²) in [7, 11) is 0. The van der Waals surface area contributed by atoms with Crippen LogP contribution >= 0.6 is 11.3 Å². The van der Waals surface area contributed by atoms with Gasteiger partial charge in [-0.25, -0.2) is 0 Å². The summed E-state index contributed by atoms with van der Waals surface area (Å²) >= 11 is 1.79. The lowest BCUT2D eigenvalue weighted by atomic mass is 9.84. The maximum atomic E-state index is 12.2. The maximum absolute atomic E-state index is 12.2. The number of nitrogens with one attached hydrogen (secondary N) is 2. The van der Waals surface area contributed by atoms with Crippen molar-refractivity contribution in [1.29, 1.82) is 0 Å². The molecule has 24 heavy (non-hydrogen) atoms. The highest BCUT2D eigenvalue weighted by molar-refractivity contribution is 7.10. The van der Waals surface area contributed by atoms with Crippen LogP contribution in [-0.4, -0.2) is 24.9 Å². The van der Waals surface area contributed by atoms with Gasteiger partial charge in [-0.05, 0) is 37.1 Å². The Morgan fingerprint density at radius 2 is 1.83 bits per heavy atom. The molecule has 0 aromatic carbocycles. The number of carbonyl (C=O) groups is 2. The molecule has 2 aliphatic carbocycles. The molecule has 1 aromatic rings. The van der Waals surface area contributed by atoms with Crippen LogP contribution in [0.4, 0.5) is 0 Å². The lowest BCUT2D eigenvalue weighted by Gasteiger charge is -2.28. The maximum Gasteiger partial charge on any atom is 0.239 e. The van der Waals surface area contributed by atoms with Crippen LogP contribution < -0.4 is 10.6 Å². The van der Waals surface area contributed by atoms with E-state index in [9.17, 15) is 9.59 Å². The highest BCUT2D eigenvalue weighted by Crippen LogP contribution is 2.42. The second-order valence-corrected chi connectivity index (χ2v) is 8.24. The Balaban J connectivity index is 1.45. The van der Waals surface area contributed by atoms with E-state index in [1.54, 1.807) is 11.3 Å². The number of hydrogen-bond donors (Lipinski definition) is 2. The summed E-state index contributed by atoms with van der Waals surface area (Å²) in [5, 5.41) is 8.00. The van der Waals surface area contributed by atoms with Crippen molar-refractivity contribution in [2.45, 2.75) is 63.2 Å². The molecule has 2 amide bonds. The third-order valence-electron chi connectivity index (χ3n) is 5.63. The summed E-state index contributed by atoms with van der Waals surface area (Å²) in [6.07, 6.45) is 10.2. The Kier molecular flexibility index (Phi) is 5.93. The first-order chi connectivity index (χ1) is 11.7. The average molecular weight is 349 g/mol. The molecule has 1 aromatic heterocycles. The van der Waals surface area contributed by atoms with Crippen molar-refractivity contribution >= 4 is 23.2 Å². The van der Waals surface area contributed by atoms with Crippen LogP contribution in [0.2, 0.25) is 0 Å². The van der Waals surface area contributed by atoms with Crippen molar-refractivity contribution in [3.8, 4) is 0 Å². The Labute approximate surface area is 148 Å². The number of thiophene rings is 1. The van der Waals surface area contributed by atoms with Crippen LogP contribution in [0.25, 0.3) is 0 Å². The summed E-state index contributed by atoms with van der Waals surface area (Å²) in [4.78, 5) is 25.7. The SMILES string of the molecule is O=C(CNC(=O)C1CCCCC1)NCC1(c2cccs2)CCCC1. The van der Waals surface area contributed by atoms with Crippen molar-refractivity contribution in [3.63, 3.8) is 0 Å². The topological polar surface area (TPSA) is 58.2 Å². The van der Waals surface area contributed by atoms with E-state index in [0.29, 0.717) is 6.54 Å². The van der Waals surface area contributed by atoms with Gasteiger partial charge >= 0.3 is 0 Å². The minimum absolute atomic E-state index is 0.0543. The van der Waals surface area contributed by atoms with Gasteiger partial charge in [-0.15, -0.1) is 11.3 Å². The van der Waals surface area contributed by atoms with E-state index < -0.39 is 0 Å². The molecule has 0 aliphatic heterocycles. The lowest BCUT2D eigenvalue weighted by Crippen LogP contribution is -2.44. The molecule has 2 aliphatic rings. The standard InChI is InChI=1S/C19H28N2O2S/c22-17(13-20-18(23)15-7-2-1-3-8-15)21-14-19(10-4-5-11-19)16-9-6-12-24-16/h6,9,12,15H,1-5,7-8,10-11,13-14H2,(H,20,23)(H,21,22). The van der Waals surface area contributed by atoms with Crippen LogP contribution in [0.5, 0.6) is 0 Å². The Bertz CT molecular complexity index is 544. The molecule has 132 valence electrons. The smallest absolute Gasteiger partial charge is 0.239 e. The molecule has 0 unspecified atom stereocenters. The van der Waals surface area contributed by atoms with Gasteiger partial charge in [0.15, 0.2) is 0 Å². The van der Waals surface area contributed by atoms with Gasteiger partial charge in [0, 0.05) is 22.8 Å². The zero-order valence-electron chi connectivity index (χ0n) is 14.3. The van der Waals surface area contributed by atoms with Gasteiger partial charge in [0.25, 0.3) is 0 Å². The fourth-order valence-corrected chi connectivity index (χ4v) is 5.14. The van der Waals surface area contributed by atoms with Crippen molar-refractivity contribution in [3.05, 3.63) is 22.4 Å². The van der Waals surface area contributed by atoms with Gasteiger partial charge in [-0.1, -0.05) is 38.2 Å². The largest absolute Gasteiger partial charge is 0.354 e. The first-order valence-corrected chi connectivity index (χ1v) is 10.2. The predicted molar refractivity (Wildman–Crippen MR) is 97.1 cm³/mol. The van der Waals surface area contributed by atoms with Crippen molar-refractivity contribution < 1.29 is 9.59 Å². The Morgan fingerprint density at radius 1 is 1.08 bits per heavy atom. The van der Waals surface area contributed by atoms with Crippen LogP contribution in [-0.2, 0) is 15.0 Å². The van der Waals surface area contributed by atoms with E-state index in [4.69, 9.17) is 0 Å². The second kappa shape index (κ2) is 8.15. The lowest BCUT2D eigenvalue weighted by molar-refractivity contribution is -0.129. The highest BCUT2D eigenvalue weighted by Gasteiger charge is 2.36. The van der Waals surface area contributed by atoms with E-state index in [0.717, 1.165) is 38.5 Å². The fourth-order valence-electron chi connectivity index (χ4n) is 4.15. The minimum atomic E-state index is -0.0676. The molecule has 5 heteroatoms. The first-order valence-electron chi connectivity index (χ1n) is 9.28. The molecule has 1 heterocycles. The first kappa shape index (κ1) is 17.5. The predicted octanol–water partition coefficient (Wildman–Crippen LogP) is 3.37. The van der Waals surface area contributed by atoms with E-state index in [1.807, 2.05) is 0 Å². The molecule has 0 spiro atoms. The van der Waals surface area contributed by atoms with E-state index in [-0.39, 0.29) is 29.7 Å². The normalized spacial score (nSPS) is 20.7. The summed E-state index contributed by atoms with van der Waals surface area (Å²) in [6.45, 7) is 0.793. The van der Waals surface area contributed by atoms with Gasteiger partial charge in [0.05, 0.1) is 6.54 Å². The summed E-state index contributed by atoms with van der Waals surface area (Å²) < 4.78 is 0. The van der Waals surface area contributed by atoms with Crippen molar-refractivity contribution in [2.75, 3.05) is 13.1 Å². The number of carbonyl (C=O) groups excluding carboxylic acids is 2. The number of hydrogen-bond acceptors (Lipinski definition) is 3. The minimum Gasteiger partial charge on any atom is -0.354 e. The molecular formula is C19H28N2O2S. The third kappa shape index (κ3) is 4.18. The molecule has 0 radical (unpaired) electrons. The van der Waals surface area contributed by atoms with Gasteiger partial charge in [-0.2, -0.15) is 0 Å². The molecule has 0 atom stereocenters. The zero-order chi connectivity index (χ0) is 16.8. The van der Waals surface area contributed by atoms with Gasteiger partial charge in [0.1, 0.15) is 0 Å². The van der Waals surface area contributed by atoms with E-state index >= 15 is 0 Å². The fraction of sp³-hybridized carbons (Fsp3) is 0.684.